The molecule has 0 aliphatic carbocycles. The minimum Gasteiger partial charge on any atom is -0.389 e. The quantitative estimate of drug-likeness (QED) is 0.789. The van der Waals surface area contributed by atoms with E-state index < -0.39 is 5.60 Å². The molecule has 0 bridgehead atoms. The Morgan fingerprint density at radius 2 is 2.06 bits per heavy atom. The van der Waals surface area contributed by atoms with Crippen molar-refractivity contribution in [1.29, 1.82) is 0 Å². The second kappa shape index (κ2) is 4.25. The smallest absolute Gasteiger partial charge is 0.255 e. The van der Waals surface area contributed by atoms with Gasteiger partial charge in [-0.2, -0.15) is 5.10 Å². The van der Waals surface area contributed by atoms with Crippen LogP contribution < -0.4 is 5.32 Å². The molecule has 0 aliphatic heterocycles. The lowest BCUT2D eigenvalue weighted by molar-refractivity contribution is 0.0693. The number of rotatable bonds is 3. The zero-order valence-corrected chi connectivity index (χ0v) is 10.5. The molecule has 90 valence electrons. The normalized spacial score (nSPS) is 11.6. The molecule has 0 unspecified atom stereocenters. The van der Waals surface area contributed by atoms with Crippen molar-refractivity contribution in [1.82, 2.24) is 15.1 Å². The highest BCUT2D eigenvalue weighted by Crippen LogP contribution is 2.11. The van der Waals surface area contributed by atoms with Crippen molar-refractivity contribution in [2.24, 2.45) is 7.05 Å². The molecule has 0 atom stereocenters. The molecule has 2 N–H and O–H groups in total. The van der Waals surface area contributed by atoms with Crippen LogP contribution in [-0.2, 0) is 7.05 Å². The van der Waals surface area contributed by atoms with Gasteiger partial charge in [0.1, 0.15) is 0 Å². The lowest BCUT2D eigenvalue weighted by Crippen LogP contribution is -2.38. The predicted molar refractivity (Wildman–Crippen MR) is 61.3 cm³/mol. The molecule has 16 heavy (non-hydrogen) atoms. The van der Waals surface area contributed by atoms with Crippen molar-refractivity contribution >= 4 is 5.91 Å². The molecular formula is C11H19N3O2. The SMILES string of the molecule is Cc1nn(C)c(C)c1C(=O)NCC(C)(C)O. The number of amides is 1. The largest absolute Gasteiger partial charge is 0.389 e. The number of carbonyl (C=O) groups is 1. The number of aliphatic hydroxyl groups is 1. The van der Waals surface area contributed by atoms with Gasteiger partial charge in [0.05, 0.1) is 16.9 Å². The molecule has 1 rings (SSSR count). The van der Waals surface area contributed by atoms with Crippen LogP contribution in [0.25, 0.3) is 0 Å². The van der Waals surface area contributed by atoms with Crippen molar-refractivity contribution in [3.05, 3.63) is 17.0 Å². The Morgan fingerprint density at radius 3 is 2.44 bits per heavy atom. The third-order valence-electron chi connectivity index (χ3n) is 2.42. The number of nitrogens with zero attached hydrogens (tertiary/aromatic N) is 2. The van der Waals surface area contributed by atoms with Gasteiger partial charge in [-0.1, -0.05) is 0 Å². The first-order valence-electron chi connectivity index (χ1n) is 5.23. The summed E-state index contributed by atoms with van der Waals surface area (Å²) in [4.78, 5) is 11.9. The Kier molecular flexibility index (Phi) is 3.38. The number of hydrogen-bond donors (Lipinski definition) is 2. The number of hydrogen-bond acceptors (Lipinski definition) is 3. The summed E-state index contributed by atoms with van der Waals surface area (Å²) in [5.41, 5.74) is 1.21. The first-order chi connectivity index (χ1) is 7.22. The van der Waals surface area contributed by atoms with Gasteiger partial charge >= 0.3 is 0 Å². The molecule has 0 radical (unpaired) electrons. The molecule has 0 aromatic carbocycles. The Morgan fingerprint density at radius 1 is 1.50 bits per heavy atom. The van der Waals surface area contributed by atoms with E-state index in [9.17, 15) is 9.90 Å². The highest BCUT2D eigenvalue weighted by atomic mass is 16.3. The Labute approximate surface area is 95.5 Å². The third-order valence-corrected chi connectivity index (χ3v) is 2.42. The van der Waals surface area contributed by atoms with Crippen LogP contribution in [0.4, 0.5) is 0 Å². The van der Waals surface area contributed by atoms with Crippen molar-refractivity contribution in [2.45, 2.75) is 33.3 Å². The monoisotopic (exact) mass is 225 g/mol. The van der Waals surface area contributed by atoms with E-state index in [2.05, 4.69) is 10.4 Å². The fraction of sp³-hybridized carbons (Fsp3) is 0.636. The van der Waals surface area contributed by atoms with E-state index in [0.29, 0.717) is 11.3 Å². The van der Waals surface area contributed by atoms with Crippen LogP contribution in [0.3, 0.4) is 0 Å². The maximum atomic E-state index is 11.9. The first-order valence-corrected chi connectivity index (χ1v) is 5.23. The summed E-state index contributed by atoms with van der Waals surface area (Å²) in [5.74, 6) is -0.190. The minimum atomic E-state index is -0.903. The highest BCUT2D eigenvalue weighted by Gasteiger charge is 2.19. The molecular weight excluding hydrogens is 206 g/mol. The lowest BCUT2D eigenvalue weighted by Gasteiger charge is -2.17. The van der Waals surface area contributed by atoms with Crippen LogP contribution in [0.2, 0.25) is 0 Å². The van der Waals surface area contributed by atoms with Crippen molar-refractivity contribution < 1.29 is 9.90 Å². The second-order valence-corrected chi connectivity index (χ2v) is 4.66. The third kappa shape index (κ3) is 2.82. The van der Waals surface area contributed by atoms with Crippen molar-refractivity contribution in [2.75, 3.05) is 6.54 Å². The van der Waals surface area contributed by atoms with Crippen LogP contribution in [0.1, 0.15) is 35.6 Å². The molecule has 1 heterocycles. The lowest BCUT2D eigenvalue weighted by atomic mass is 10.1. The van der Waals surface area contributed by atoms with Gasteiger partial charge in [0.15, 0.2) is 0 Å². The van der Waals surface area contributed by atoms with Crippen LogP contribution in [0.15, 0.2) is 0 Å². The molecule has 1 amide bonds. The van der Waals surface area contributed by atoms with E-state index >= 15 is 0 Å². The van der Waals surface area contributed by atoms with Crippen LogP contribution in [-0.4, -0.2) is 32.9 Å². The summed E-state index contributed by atoms with van der Waals surface area (Å²) in [5, 5.41) is 16.4. The zero-order valence-electron chi connectivity index (χ0n) is 10.5. The van der Waals surface area contributed by atoms with Crippen molar-refractivity contribution in [3.8, 4) is 0 Å². The predicted octanol–water partition coefficient (Wildman–Crippen LogP) is 0.538. The highest BCUT2D eigenvalue weighted by molar-refractivity contribution is 5.96. The molecule has 0 saturated heterocycles. The fourth-order valence-electron chi connectivity index (χ4n) is 1.49. The molecule has 0 saturated carbocycles. The summed E-state index contributed by atoms with van der Waals surface area (Å²) < 4.78 is 1.67. The van der Waals surface area contributed by atoms with Crippen LogP contribution >= 0.6 is 0 Å². The topological polar surface area (TPSA) is 67.2 Å². The molecule has 0 spiro atoms. The Hall–Kier alpha value is -1.36. The first kappa shape index (κ1) is 12.7. The van der Waals surface area contributed by atoms with Crippen LogP contribution in [0.5, 0.6) is 0 Å². The minimum absolute atomic E-state index is 0.190. The van der Waals surface area contributed by atoms with E-state index in [0.717, 1.165) is 5.69 Å². The summed E-state index contributed by atoms with van der Waals surface area (Å²) in [6.45, 7) is 7.16. The van der Waals surface area contributed by atoms with Gasteiger partial charge in [-0.05, 0) is 27.7 Å². The second-order valence-electron chi connectivity index (χ2n) is 4.66. The van der Waals surface area contributed by atoms with Gasteiger partial charge in [0, 0.05) is 19.3 Å². The zero-order chi connectivity index (χ0) is 12.5. The molecule has 5 nitrogen and oxygen atoms in total. The Balaban J connectivity index is 2.81. The average Bonchev–Trinajstić information content (AvgIpc) is 2.36. The van der Waals surface area contributed by atoms with Gasteiger partial charge in [-0.15, -0.1) is 0 Å². The molecule has 0 aliphatic rings. The number of carbonyl (C=O) groups excluding carboxylic acids is 1. The van der Waals surface area contributed by atoms with E-state index in [1.165, 1.54) is 0 Å². The summed E-state index contributed by atoms with van der Waals surface area (Å²) in [6.07, 6.45) is 0. The Bertz CT molecular complexity index is 402. The molecule has 1 aromatic rings. The van der Waals surface area contributed by atoms with E-state index in [1.807, 2.05) is 6.92 Å². The van der Waals surface area contributed by atoms with Crippen LogP contribution in [0, 0.1) is 13.8 Å². The summed E-state index contributed by atoms with van der Waals surface area (Å²) in [7, 11) is 1.80. The number of nitrogens with one attached hydrogen (secondary N) is 1. The van der Waals surface area contributed by atoms with Gasteiger partial charge in [0.25, 0.3) is 5.91 Å². The number of aromatic nitrogens is 2. The fourth-order valence-corrected chi connectivity index (χ4v) is 1.49. The maximum Gasteiger partial charge on any atom is 0.255 e. The van der Waals surface area contributed by atoms with E-state index in [-0.39, 0.29) is 12.5 Å². The van der Waals surface area contributed by atoms with Gasteiger partial charge in [0.2, 0.25) is 0 Å². The average molecular weight is 225 g/mol. The molecule has 0 fully saturated rings. The number of aryl methyl sites for hydroxylation is 2. The van der Waals surface area contributed by atoms with Gasteiger partial charge in [-0.3, -0.25) is 9.48 Å². The van der Waals surface area contributed by atoms with E-state index in [1.54, 1.807) is 32.5 Å². The van der Waals surface area contributed by atoms with Gasteiger partial charge < -0.3 is 10.4 Å². The summed E-state index contributed by atoms with van der Waals surface area (Å²) in [6, 6.07) is 0. The van der Waals surface area contributed by atoms with Crippen molar-refractivity contribution in [3.63, 3.8) is 0 Å². The maximum absolute atomic E-state index is 11.9. The summed E-state index contributed by atoms with van der Waals surface area (Å²) >= 11 is 0. The van der Waals surface area contributed by atoms with Gasteiger partial charge in [-0.25, -0.2) is 0 Å². The standard InChI is InChI=1S/C11H19N3O2/c1-7-9(8(2)14(5)13-7)10(15)12-6-11(3,4)16/h16H,6H2,1-5H3,(H,12,15). The van der Waals surface area contributed by atoms with E-state index in [4.69, 9.17) is 0 Å². The molecule has 5 heteroatoms. The molecule has 1 aromatic heterocycles.